The van der Waals surface area contributed by atoms with Crippen LogP contribution in [0, 0.1) is 0 Å². The molecule has 0 aliphatic heterocycles. The molecule has 0 heterocycles. The van der Waals surface area contributed by atoms with Crippen LogP contribution in [0.3, 0.4) is 0 Å². The molecular formula is C14H15F3N2O6S. The van der Waals surface area contributed by atoms with Gasteiger partial charge in [-0.15, -0.1) is 0 Å². The summed E-state index contributed by atoms with van der Waals surface area (Å²) in [6.45, 7) is -2.53. The van der Waals surface area contributed by atoms with Crippen molar-refractivity contribution >= 4 is 27.7 Å². The van der Waals surface area contributed by atoms with Gasteiger partial charge in [0.2, 0.25) is 0 Å². The number of halogens is 3. The minimum Gasteiger partial charge on any atom is -0.452 e. The number of urea groups is 1. The zero-order chi connectivity index (χ0) is 20.0. The normalized spacial score (nSPS) is 11.5. The van der Waals surface area contributed by atoms with Crippen LogP contribution >= 0.6 is 0 Å². The van der Waals surface area contributed by atoms with Gasteiger partial charge in [0.1, 0.15) is 6.54 Å². The van der Waals surface area contributed by atoms with E-state index in [1.165, 1.54) is 29.6 Å². The molecule has 0 aromatic heterocycles. The third-order valence-electron chi connectivity index (χ3n) is 2.63. The molecule has 26 heavy (non-hydrogen) atoms. The van der Waals surface area contributed by atoms with Crippen molar-refractivity contribution in [2.45, 2.75) is 11.9 Å². The zero-order valence-corrected chi connectivity index (χ0v) is 14.2. The molecule has 3 amide bonds. The lowest BCUT2D eigenvalue weighted by Gasteiger charge is -2.09. The van der Waals surface area contributed by atoms with Gasteiger partial charge in [-0.25, -0.2) is 18.0 Å². The van der Waals surface area contributed by atoms with Crippen LogP contribution in [0.5, 0.6) is 0 Å². The topological polar surface area (TPSA) is 119 Å². The highest BCUT2D eigenvalue weighted by Crippen LogP contribution is 2.12. The van der Waals surface area contributed by atoms with E-state index in [9.17, 15) is 36.0 Å². The van der Waals surface area contributed by atoms with E-state index in [1.54, 1.807) is 5.32 Å². The number of rotatable bonds is 6. The van der Waals surface area contributed by atoms with Gasteiger partial charge >= 0.3 is 18.2 Å². The Kier molecular flexibility index (Phi) is 7.12. The number of amides is 3. The molecule has 0 aliphatic carbocycles. The maximum absolute atomic E-state index is 11.9. The highest BCUT2D eigenvalue weighted by Gasteiger charge is 2.28. The van der Waals surface area contributed by atoms with Gasteiger partial charge in [-0.3, -0.25) is 10.1 Å². The molecule has 1 rings (SSSR count). The molecule has 12 heteroatoms. The van der Waals surface area contributed by atoms with Crippen LogP contribution < -0.4 is 10.6 Å². The van der Waals surface area contributed by atoms with Crippen LogP contribution in [0.2, 0.25) is 0 Å². The molecule has 1 aromatic rings. The van der Waals surface area contributed by atoms with Gasteiger partial charge in [0.15, 0.2) is 16.4 Å². The molecule has 0 aliphatic rings. The Morgan fingerprint density at radius 2 is 1.85 bits per heavy atom. The van der Waals surface area contributed by atoms with Gasteiger partial charge in [-0.1, -0.05) is 12.1 Å². The van der Waals surface area contributed by atoms with E-state index in [4.69, 9.17) is 0 Å². The molecule has 0 spiro atoms. The third kappa shape index (κ3) is 9.01. The van der Waals surface area contributed by atoms with Crippen LogP contribution in [0.1, 0.15) is 15.9 Å². The number of alkyl halides is 3. The van der Waals surface area contributed by atoms with E-state index in [1.807, 2.05) is 0 Å². The lowest BCUT2D eigenvalue weighted by molar-refractivity contribution is -0.125. The number of esters is 1. The summed E-state index contributed by atoms with van der Waals surface area (Å²) < 4.78 is 62.8. The van der Waals surface area contributed by atoms with Gasteiger partial charge in [-0.2, -0.15) is 13.2 Å². The first-order chi connectivity index (χ1) is 11.9. The lowest BCUT2D eigenvalue weighted by Crippen LogP contribution is -2.44. The quantitative estimate of drug-likeness (QED) is 0.686. The third-order valence-corrected chi connectivity index (χ3v) is 3.49. The Morgan fingerprint density at radius 1 is 1.19 bits per heavy atom. The second-order valence-electron chi connectivity index (χ2n) is 5.19. The predicted octanol–water partition coefficient (Wildman–Crippen LogP) is 0.776. The standard InChI is InChI=1S/C14H15F3N2O6S/c1-26(23,24)7-9-3-2-4-10(5-9)12(21)25-6-11(20)19-13(22)18-8-14(15,16)17/h2-5H,6-8H2,1H3,(H2,18,19,20,22). The Balaban J connectivity index is 2.52. The maximum atomic E-state index is 11.9. The smallest absolute Gasteiger partial charge is 0.405 e. The number of hydrogen-bond donors (Lipinski definition) is 2. The molecule has 0 saturated carbocycles. The number of imide groups is 1. The number of carbonyl (C=O) groups excluding carboxylic acids is 3. The largest absolute Gasteiger partial charge is 0.452 e. The van der Waals surface area contributed by atoms with Gasteiger partial charge < -0.3 is 10.1 Å². The van der Waals surface area contributed by atoms with Crippen molar-refractivity contribution in [1.82, 2.24) is 10.6 Å². The molecule has 0 radical (unpaired) electrons. The molecule has 0 saturated heterocycles. The number of ether oxygens (including phenoxy) is 1. The molecule has 1 aromatic carbocycles. The molecule has 8 nitrogen and oxygen atoms in total. The minimum absolute atomic E-state index is 0.0273. The fourth-order valence-corrected chi connectivity index (χ4v) is 2.48. The van der Waals surface area contributed by atoms with Crippen molar-refractivity contribution in [2.24, 2.45) is 0 Å². The first-order valence-electron chi connectivity index (χ1n) is 6.94. The number of nitrogens with one attached hydrogen (secondary N) is 2. The molecule has 0 atom stereocenters. The number of hydrogen-bond acceptors (Lipinski definition) is 6. The Bertz CT molecular complexity index is 792. The van der Waals surface area contributed by atoms with Gasteiger partial charge in [-0.05, 0) is 17.7 Å². The maximum Gasteiger partial charge on any atom is 0.405 e. The van der Waals surface area contributed by atoms with Crippen molar-refractivity contribution in [3.05, 3.63) is 35.4 Å². The Labute approximate surface area is 146 Å². The summed E-state index contributed by atoms with van der Waals surface area (Å²) in [5, 5.41) is 2.97. The zero-order valence-electron chi connectivity index (χ0n) is 13.4. The van der Waals surface area contributed by atoms with E-state index in [0.29, 0.717) is 5.56 Å². The summed E-state index contributed by atoms with van der Waals surface area (Å²) in [6.07, 6.45) is -3.62. The minimum atomic E-state index is -4.64. The lowest BCUT2D eigenvalue weighted by atomic mass is 10.1. The summed E-state index contributed by atoms with van der Waals surface area (Å²) in [7, 11) is -3.32. The van der Waals surface area contributed by atoms with Crippen molar-refractivity contribution in [2.75, 3.05) is 19.4 Å². The van der Waals surface area contributed by atoms with Crippen molar-refractivity contribution in [1.29, 1.82) is 0 Å². The van der Waals surface area contributed by atoms with Crippen LogP contribution in [0.4, 0.5) is 18.0 Å². The highest BCUT2D eigenvalue weighted by atomic mass is 32.2. The number of benzene rings is 1. The Morgan fingerprint density at radius 3 is 2.42 bits per heavy atom. The van der Waals surface area contributed by atoms with Gasteiger partial charge in [0, 0.05) is 6.26 Å². The predicted molar refractivity (Wildman–Crippen MR) is 82.9 cm³/mol. The summed E-state index contributed by atoms with van der Waals surface area (Å²) in [5.41, 5.74) is 0.304. The van der Waals surface area contributed by atoms with E-state index in [-0.39, 0.29) is 11.3 Å². The van der Waals surface area contributed by atoms with Crippen molar-refractivity contribution < 1.29 is 40.7 Å². The Hall–Kier alpha value is -2.63. The van der Waals surface area contributed by atoms with Crippen LogP contribution in [0.15, 0.2) is 24.3 Å². The van der Waals surface area contributed by atoms with E-state index in [2.05, 4.69) is 4.74 Å². The molecule has 0 bridgehead atoms. The van der Waals surface area contributed by atoms with E-state index >= 15 is 0 Å². The molecular weight excluding hydrogens is 381 g/mol. The average Bonchev–Trinajstić information content (AvgIpc) is 2.48. The first-order valence-corrected chi connectivity index (χ1v) is 9.00. The fourth-order valence-electron chi connectivity index (χ4n) is 1.69. The monoisotopic (exact) mass is 396 g/mol. The van der Waals surface area contributed by atoms with Crippen molar-refractivity contribution in [3.8, 4) is 0 Å². The molecule has 144 valence electrons. The number of carbonyl (C=O) groups is 3. The van der Waals surface area contributed by atoms with Gasteiger partial charge in [0.25, 0.3) is 5.91 Å². The summed E-state index contributed by atoms with van der Waals surface area (Å²) in [4.78, 5) is 34.2. The van der Waals surface area contributed by atoms with Gasteiger partial charge in [0.05, 0.1) is 11.3 Å². The van der Waals surface area contributed by atoms with Crippen LogP contribution in [-0.2, 0) is 25.1 Å². The summed E-state index contributed by atoms with van der Waals surface area (Å²) >= 11 is 0. The first kappa shape index (κ1) is 21.4. The average molecular weight is 396 g/mol. The van der Waals surface area contributed by atoms with E-state index < -0.39 is 47.1 Å². The van der Waals surface area contributed by atoms with Crippen molar-refractivity contribution in [3.63, 3.8) is 0 Å². The number of sulfone groups is 1. The molecule has 2 N–H and O–H groups in total. The highest BCUT2D eigenvalue weighted by molar-refractivity contribution is 7.89. The molecule has 0 fully saturated rings. The van der Waals surface area contributed by atoms with Crippen LogP contribution in [-0.4, -0.2) is 51.9 Å². The second-order valence-corrected chi connectivity index (χ2v) is 7.33. The SMILES string of the molecule is CS(=O)(=O)Cc1cccc(C(=O)OCC(=O)NC(=O)NCC(F)(F)F)c1. The fraction of sp³-hybridized carbons (Fsp3) is 0.357. The van der Waals surface area contributed by atoms with E-state index in [0.717, 1.165) is 6.26 Å². The summed E-state index contributed by atoms with van der Waals surface area (Å²) in [6, 6.07) is 4.09. The molecule has 0 unspecified atom stereocenters. The second kappa shape index (κ2) is 8.65. The van der Waals surface area contributed by atoms with Crippen LogP contribution in [0.25, 0.3) is 0 Å². The summed E-state index contributed by atoms with van der Waals surface area (Å²) in [5.74, 6) is -2.40.